The molecular weight excluding hydrogens is 450 g/mol. The number of hydrogen-bond donors (Lipinski definition) is 1. The fourth-order valence-electron chi connectivity index (χ4n) is 3.80. The molecule has 1 N–H and O–H groups in total. The second-order valence-electron chi connectivity index (χ2n) is 7.57. The first-order valence-corrected chi connectivity index (χ1v) is 11.7. The number of nitrogens with one attached hydrogen (secondary N) is 1. The summed E-state index contributed by atoms with van der Waals surface area (Å²) in [6, 6.07) is 12.3. The highest BCUT2D eigenvalue weighted by Gasteiger charge is 2.21. The largest absolute Gasteiger partial charge is 0.465 e. The molecule has 2 heterocycles. The number of carbonyl (C=O) groups excluding carboxylic acids is 1. The maximum absolute atomic E-state index is 11.9. The van der Waals surface area contributed by atoms with Gasteiger partial charge in [-0.15, -0.1) is 11.3 Å². The summed E-state index contributed by atoms with van der Waals surface area (Å²) in [5.41, 5.74) is 4.84. The van der Waals surface area contributed by atoms with Crippen LogP contribution >= 0.6 is 35.2 Å². The van der Waals surface area contributed by atoms with Crippen LogP contribution in [0.5, 0.6) is 0 Å². The molecule has 2 aromatic carbocycles. The van der Waals surface area contributed by atoms with E-state index in [2.05, 4.69) is 47.2 Å². The van der Waals surface area contributed by atoms with Gasteiger partial charge in [0, 0.05) is 47.6 Å². The smallest absolute Gasteiger partial charge is 0.349 e. The minimum atomic E-state index is -0.419. The minimum Gasteiger partial charge on any atom is -0.465 e. The number of hydrogen-bond acceptors (Lipinski definition) is 5. The van der Waals surface area contributed by atoms with Crippen molar-refractivity contribution in [2.24, 2.45) is 0 Å². The van der Waals surface area contributed by atoms with Gasteiger partial charge in [-0.25, -0.2) is 4.79 Å². The number of esters is 1. The van der Waals surface area contributed by atoms with Crippen molar-refractivity contribution in [2.75, 3.05) is 43.5 Å². The molecular formula is C23H24ClN3O2S2. The summed E-state index contributed by atoms with van der Waals surface area (Å²) >= 11 is 13.3. The van der Waals surface area contributed by atoms with Crippen molar-refractivity contribution in [1.29, 1.82) is 0 Å². The molecule has 1 fully saturated rings. The first-order chi connectivity index (χ1) is 14.9. The Morgan fingerprint density at radius 1 is 1.16 bits per heavy atom. The Hall–Kier alpha value is -2.35. The van der Waals surface area contributed by atoms with E-state index in [9.17, 15) is 4.79 Å². The van der Waals surface area contributed by atoms with Crippen LogP contribution in [0.3, 0.4) is 0 Å². The second kappa shape index (κ2) is 9.02. The van der Waals surface area contributed by atoms with Crippen LogP contribution in [0.2, 0.25) is 5.02 Å². The van der Waals surface area contributed by atoms with Crippen LogP contribution in [-0.2, 0) is 4.74 Å². The molecule has 0 bridgehead atoms. The quantitative estimate of drug-likeness (QED) is 0.401. The molecule has 0 spiro atoms. The number of fused-ring (bicyclic) bond motifs is 1. The molecule has 8 heteroatoms. The van der Waals surface area contributed by atoms with E-state index in [1.807, 2.05) is 18.2 Å². The SMILES string of the molecule is COC(=O)c1sc2cc(NC(=S)N3CCN(c4cccc(C)c4C)CC3)ccc2c1Cl. The van der Waals surface area contributed by atoms with Crippen molar-refractivity contribution in [2.45, 2.75) is 13.8 Å². The first-order valence-electron chi connectivity index (χ1n) is 10.1. The molecule has 0 atom stereocenters. The van der Waals surface area contributed by atoms with Gasteiger partial charge in [0.05, 0.1) is 12.1 Å². The zero-order valence-corrected chi connectivity index (χ0v) is 20.1. The van der Waals surface area contributed by atoms with Crippen LogP contribution in [0.15, 0.2) is 36.4 Å². The summed E-state index contributed by atoms with van der Waals surface area (Å²) in [7, 11) is 1.36. The number of benzene rings is 2. The summed E-state index contributed by atoms with van der Waals surface area (Å²) in [6.07, 6.45) is 0. The highest BCUT2D eigenvalue weighted by atomic mass is 35.5. The zero-order chi connectivity index (χ0) is 22.1. The Morgan fingerprint density at radius 2 is 1.90 bits per heavy atom. The molecule has 162 valence electrons. The third-order valence-corrected chi connectivity index (χ3v) is 7.73. The number of aryl methyl sites for hydroxylation is 1. The lowest BCUT2D eigenvalue weighted by molar-refractivity contribution is 0.0606. The molecule has 1 aliphatic heterocycles. The Morgan fingerprint density at radius 3 is 2.61 bits per heavy atom. The number of ether oxygens (including phenoxy) is 1. The van der Waals surface area contributed by atoms with E-state index in [1.54, 1.807) is 0 Å². The standard InChI is InChI=1S/C23H24ClN3O2S2/c1-14-5-4-6-18(15(14)2)26-9-11-27(12-10-26)23(30)25-16-7-8-17-19(13-16)31-21(20(17)24)22(28)29-3/h4-8,13H,9-12H2,1-3H3,(H,25,30). The fourth-order valence-corrected chi connectivity index (χ4v) is 5.56. The van der Waals surface area contributed by atoms with Crippen molar-refractivity contribution in [3.05, 3.63) is 57.4 Å². The molecule has 1 aromatic heterocycles. The van der Waals surface area contributed by atoms with Crippen molar-refractivity contribution in [3.63, 3.8) is 0 Å². The van der Waals surface area contributed by atoms with E-state index in [4.69, 9.17) is 28.6 Å². The molecule has 31 heavy (non-hydrogen) atoms. The van der Waals surface area contributed by atoms with E-state index < -0.39 is 5.97 Å². The number of thiophene rings is 1. The molecule has 0 saturated carbocycles. The molecule has 1 aliphatic rings. The third-order valence-electron chi connectivity index (χ3n) is 5.74. The van der Waals surface area contributed by atoms with Gasteiger partial charge in [-0.2, -0.15) is 0 Å². The predicted molar refractivity (Wildman–Crippen MR) is 134 cm³/mol. The van der Waals surface area contributed by atoms with Crippen LogP contribution in [0, 0.1) is 13.8 Å². The van der Waals surface area contributed by atoms with Crippen molar-refractivity contribution >= 4 is 67.7 Å². The highest BCUT2D eigenvalue weighted by Crippen LogP contribution is 2.37. The second-order valence-corrected chi connectivity index (χ2v) is 9.39. The topological polar surface area (TPSA) is 44.8 Å². The van der Waals surface area contributed by atoms with E-state index in [0.717, 1.165) is 42.0 Å². The van der Waals surface area contributed by atoms with Gasteiger partial charge in [0.1, 0.15) is 4.88 Å². The van der Waals surface area contributed by atoms with E-state index in [0.29, 0.717) is 15.0 Å². The Bertz CT molecular complexity index is 1150. The van der Waals surface area contributed by atoms with Crippen molar-refractivity contribution < 1.29 is 9.53 Å². The van der Waals surface area contributed by atoms with Crippen LogP contribution < -0.4 is 10.2 Å². The van der Waals surface area contributed by atoms with E-state index in [-0.39, 0.29) is 0 Å². The summed E-state index contributed by atoms with van der Waals surface area (Å²) in [6.45, 7) is 7.90. The number of carbonyl (C=O) groups is 1. The summed E-state index contributed by atoms with van der Waals surface area (Å²) in [4.78, 5) is 16.9. The fraction of sp³-hybridized carbons (Fsp3) is 0.304. The van der Waals surface area contributed by atoms with Gasteiger partial charge in [0.25, 0.3) is 0 Å². The van der Waals surface area contributed by atoms with Gasteiger partial charge in [-0.3, -0.25) is 0 Å². The van der Waals surface area contributed by atoms with Gasteiger partial charge in [-0.05, 0) is 61.5 Å². The maximum Gasteiger partial charge on any atom is 0.349 e. The zero-order valence-electron chi connectivity index (χ0n) is 17.7. The van der Waals surface area contributed by atoms with Gasteiger partial charge >= 0.3 is 5.97 Å². The van der Waals surface area contributed by atoms with Gasteiger partial charge in [0.15, 0.2) is 5.11 Å². The highest BCUT2D eigenvalue weighted by molar-refractivity contribution is 7.80. The third kappa shape index (κ3) is 4.35. The Balaban J connectivity index is 1.42. The lowest BCUT2D eigenvalue weighted by Gasteiger charge is -2.38. The number of halogens is 1. The van der Waals surface area contributed by atoms with Gasteiger partial charge < -0.3 is 19.9 Å². The number of rotatable bonds is 3. The van der Waals surface area contributed by atoms with Crippen LogP contribution in [0.1, 0.15) is 20.8 Å². The predicted octanol–water partition coefficient (Wildman–Crippen LogP) is 5.48. The molecule has 4 rings (SSSR count). The van der Waals surface area contributed by atoms with E-state index >= 15 is 0 Å². The molecule has 1 saturated heterocycles. The normalized spacial score (nSPS) is 14.1. The first kappa shape index (κ1) is 21.9. The minimum absolute atomic E-state index is 0.418. The van der Waals surface area contributed by atoms with Crippen LogP contribution in [-0.4, -0.2) is 49.3 Å². The number of methoxy groups -OCH3 is 1. The monoisotopic (exact) mass is 473 g/mol. The molecule has 0 radical (unpaired) electrons. The van der Waals surface area contributed by atoms with Crippen LogP contribution in [0.4, 0.5) is 11.4 Å². The average Bonchev–Trinajstić information content (AvgIpc) is 3.11. The lowest BCUT2D eigenvalue weighted by atomic mass is 10.1. The van der Waals surface area contributed by atoms with E-state index in [1.165, 1.54) is 35.3 Å². The van der Waals surface area contributed by atoms with Crippen molar-refractivity contribution in [3.8, 4) is 0 Å². The average molecular weight is 474 g/mol. The Labute approximate surface area is 196 Å². The molecule has 0 unspecified atom stereocenters. The molecule has 0 aliphatic carbocycles. The summed E-state index contributed by atoms with van der Waals surface area (Å²) in [5, 5.41) is 5.31. The number of piperazine rings is 1. The lowest BCUT2D eigenvalue weighted by Crippen LogP contribution is -2.50. The summed E-state index contributed by atoms with van der Waals surface area (Å²) < 4.78 is 5.73. The summed E-state index contributed by atoms with van der Waals surface area (Å²) in [5.74, 6) is -0.419. The maximum atomic E-state index is 11.9. The Kier molecular flexibility index (Phi) is 6.36. The van der Waals surface area contributed by atoms with Crippen LogP contribution in [0.25, 0.3) is 10.1 Å². The molecule has 0 amide bonds. The van der Waals surface area contributed by atoms with Crippen molar-refractivity contribution in [1.82, 2.24) is 4.90 Å². The van der Waals surface area contributed by atoms with Gasteiger partial charge in [-0.1, -0.05) is 23.7 Å². The number of thiocarbonyl (C=S) groups is 1. The number of nitrogens with zero attached hydrogens (tertiary/aromatic N) is 2. The number of anilines is 2. The van der Waals surface area contributed by atoms with Gasteiger partial charge in [0.2, 0.25) is 0 Å². The molecule has 5 nitrogen and oxygen atoms in total. The molecule has 3 aromatic rings.